The van der Waals surface area contributed by atoms with Gasteiger partial charge in [0.05, 0.1) is 12.8 Å². The lowest BCUT2D eigenvalue weighted by atomic mass is 10.1. The molecule has 0 fully saturated rings. The van der Waals surface area contributed by atoms with E-state index in [9.17, 15) is 0 Å². The maximum Gasteiger partial charge on any atom is 0.163 e. The molecule has 0 aliphatic carbocycles. The molecule has 0 bridgehead atoms. The van der Waals surface area contributed by atoms with Crippen molar-refractivity contribution in [2.75, 3.05) is 32.2 Å². The van der Waals surface area contributed by atoms with Gasteiger partial charge in [-0.05, 0) is 30.7 Å². The SMILES string of the molecule is COc1ccccc1-c1nn(-c2ccc3c(c2)OCCO3)c2c1CCN2. The zero-order valence-corrected chi connectivity index (χ0v) is 14.5. The molecule has 0 amide bonds. The molecule has 1 N–H and O–H groups in total. The van der Waals surface area contributed by atoms with Crippen molar-refractivity contribution in [1.29, 1.82) is 0 Å². The van der Waals surface area contributed by atoms with Crippen LogP contribution in [-0.2, 0) is 6.42 Å². The Morgan fingerprint density at radius 3 is 2.81 bits per heavy atom. The first kappa shape index (κ1) is 15.1. The number of aromatic nitrogens is 2. The molecule has 1 aromatic heterocycles. The lowest BCUT2D eigenvalue weighted by molar-refractivity contribution is 0.171. The van der Waals surface area contributed by atoms with Gasteiger partial charge in [-0.1, -0.05) is 12.1 Å². The molecular weight excluding hydrogens is 330 g/mol. The number of fused-ring (bicyclic) bond motifs is 2. The average molecular weight is 349 g/mol. The average Bonchev–Trinajstić information content (AvgIpc) is 3.30. The lowest BCUT2D eigenvalue weighted by Gasteiger charge is -2.19. The summed E-state index contributed by atoms with van der Waals surface area (Å²) in [4.78, 5) is 0. The zero-order valence-electron chi connectivity index (χ0n) is 14.5. The van der Waals surface area contributed by atoms with Crippen LogP contribution in [0.5, 0.6) is 17.2 Å². The van der Waals surface area contributed by atoms with E-state index >= 15 is 0 Å². The Labute approximate surface area is 151 Å². The van der Waals surface area contributed by atoms with E-state index < -0.39 is 0 Å². The number of nitrogens with zero attached hydrogens (tertiary/aromatic N) is 2. The molecule has 2 aromatic carbocycles. The standard InChI is InChI=1S/C20H19N3O3/c1-24-16-5-3-2-4-14(16)19-15-8-9-21-20(15)23(22-19)13-6-7-17-18(12-13)26-11-10-25-17/h2-7,12,21H,8-11H2,1H3. The van der Waals surface area contributed by atoms with Gasteiger partial charge in [0.2, 0.25) is 0 Å². The Bertz CT molecular complexity index is 980. The summed E-state index contributed by atoms with van der Waals surface area (Å²) in [5, 5.41) is 8.37. The smallest absolute Gasteiger partial charge is 0.163 e. The van der Waals surface area contributed by atoms with Crippen LogP contribution < -0.4 is 19.5 Å². The minimum Gasteiger partial charge on any atom is -0.496 e. The van der Waals surface area contributed by atoms with Crippen molar-refractivity contribution >= 4 is 5.82 Å². The van der Waals surface area contributed by atoms with Crippen molar-refractivity contribution in [2.45, 2.75) is 6.42 Å². The topological polar surface area (TPSA) is 57.5 Å². The summed E-state index contributed by atoms with van der Waals surface area (Å²) in [6, 6.07) is 13.9. The molecule has 3 heterocycles. The van der Waals surface area contributed by atoms with Crippen LogP contribution in [0.1, 0.15) is 5.56 Å². The largest absolute Gasteiger partial charge is 0.496 e. The molecule has 0 saturated carbocycles. The van der Waals surface area contributed by atoms with Crippen LogP contribution in [0.2, 0.25) is 0 Å². The Balaban J connectivity index is 1.65. The number of rotatable bonds is 3. The number of hydrogen-bond donors (Lipinski definition) is 1. The number of para-hydroxylation sites is 1. The predicted octanol–water partition coefficient (Wildman–Crippen LogP) is 3.29. The number of anilines is 1. The summed E-state index contributed by atoms with van der Waals surface area (Å²) in [7, 11) is 1.69. The quantitative estimate of drug-likeness (QED) is 0.786. The Morgan fingerprint density at radius 2 is 1.92 bits per heavy atom. The second kappa shape index (κ2) is 5.98. The zero-order chi connectivity index (χ0) is 17.5. The number of hydrogen-bond acceptors (Lipinski definition) is 5. The second-order valence-corrected chi connectivity index (χ2v) is 6.29. The Kier molecular flexibility index (Phi) is 3.48. The van der Waals surface area contributed by atoms with Gasteiger partial charge >= 0.3 is 0 Å². The normalized spacial score (nSPS) is 14.7. The fourth-order valence-electron chi connectivity index (χ4n) is 3.58. The molecule has 0 radical (unpaired) electrons. The van der Waals surface area contributed by atoms with Crippen molar-refractivity contribution in [3.8, 4) is 34.2 Å². The fourth-order valence-corrected chi connectivity index (χ4v) is 3.58. The van der Waals surface area contributed by atoms with Crippen molar-refractivity contribution in [2.24, 2.45) is 0 Å². The number of ether oxygens (including phenoxy) is 3. The van der Waals surface area contributed by atoms with E-state index in [1.165, 1.54) is 5.56 Å². The summed E-state index contributed by atoms with van der Waals surface area (Å²) >= 11 is 0. The molecule has 26 heavy (non-hydrogen) atoms. The van der Waals surface area contributed by atoms with Crippen LogP contribution in [0.15, 0.2) is 42.5 Å². The maximum absolute atomic E-state index is 5.73. The number of nitrogens with one attached hydrogen (secondary N) is 1. The molecular formula is C20H19N3O3. The number of benzene rings is 2. The van der Waals surface area contributed by atoms with Crippen molar-refractivity contribution in [3.05, 3.63) is 48.0 Å². The molecule has 132 valence electrons. The van der Waals surface area contributed by atoms with Crippen LogP contribution in [0.4, 0.5) is 5.82 Å². The summed E-state index contributed by atoms with van der Waals surface area (Å²) < 4.78 is 18.8. The first-order valence-corrected chi connectivity index (χ1v) is 8.74. The minimum atomic E-state index is 0.568. The van der Waals surface area contributed by atoms with E-state index in [1.807, 2.05) is 47.1 Å². The van der Waals surface area contributed by atoms with E-state index in [0.717, 1.165) is 53.0 Å². The van der Waals surface area contributed by atoms with Crippen LogP contribution in [0.3, 0.4) is 0 Å². The molecule has 0 atom stereocenters. The van der Waals surface area contributed by atoms with Gasteiger partial charge in [0.1, 0.15) is 30.5 Å². The molecule has 3 aromatic rings. The minimum absolute atomic E-state index is 0.568. The molecule has 6 heteroatoms. The van der Waals surface area contributed by atoms with E-state index in [0.29, 0.717) is 13.2 Å². The molecule has 0 spiro atoms. The van der Waals surface area contributed by atoms with Gasteiger partial charge in [0.15, 0.2) is 11.5 Å². The summed E-state index contributed by atoms with van der Waals surface area (Å²) in [6.07, 6.45) is 0.938. The van der Waals surface area contributed by atoms with Crippen molar-refractivity contribution in [1.82, 2.24) is 9.78 Å². The van der Waals surface area contributed by atoms with Crippen LogP contribution in [-0.4, -0.2) is 36.6 Å². The molecule has 6 nitrogen and oxygen atoms in total. The monoisotopic (exact) mass is 349 g/mol. The molecule has 2 aliphatic rings. The predicted molar refractivity (Wildman–Crippen MR) is 98.7 cm³/mol. The third kappa shape index (κ3) is 2.29. The highest BCUT2D eigenvalue weighted by molar-refractivity contribution is 5.76. The van der Waals surface area contributed by atoms with E-state index in [-0.39, 0.29) is 0 Å². The first-order valence-electron chi connectivity index (χ1n) is 8.74. The van der Waals surface area contributed by atoms with Gasteiger partial charge in [0, 0.05) is 23.7 Å². The molecule has 0 unspecified atom stereocenters. The van der Waals surface area contributed by atoms with Gasteiger partial charge in [-0.2, -0.15) is 5.10 Å². The lowest BCUT2D eigenvalue weighted by Crippen LogP contribution is -2.15. The summed E-state index contributed by atoms with van der Waals surface area (Å²) in [5.74, 6) is 3.40. The summed E-state index contributed by atoms with van der Waals surface area (Å²) in [5.41, 5.74) is 4.12. The summed E-state index contributed by atoms with van der Waals surface area (Å²) in [6.45, 7) is 2.06. The van der Waals surface area contributed by atoms with Gasteiger partial charge in [-0.25, -0.2) is 4.68 Å². The maximum atomic E-state index is 5.73. The van der Waals surface area contributed by atoms with Gasteiger partial charge in [-0.15, -0.1) is 0 Å². The van der Waals surface area contributed by atoms with Gasteiger partial charge in [-0.3, -0.25) is 0 Å². The highest BCUT2D eigenvalue weighted by Gasteiger charge is 2.26. The third-order valence-electron chi connectivity index (χ3n) is 4.78. The molecule has 0 saturated heterocycles. The van der Waals surface area contributed by atoms with Gasteiger partial charge < -0.3 is 19.5 Å². The van der Waals surface area contributed by atoms with Crippen molar-refractivity contribution < 1.29 is 14.2 Å². The highest BCUT2D eigenvalue weighted by atomic mass is 16.6. The Hall–Kier alpha value is -3.15. The van der Waals surface area contributed by atoms with E-state index in [4.69, 9.17) is 19.3 Å². The van der Waals surface area contributed by atoms with E-state index in [1.54, 1.807) is 7.11 Å². The number of methoxy groups -OCH3 is 1. The van der Waals surface area contributed by atoms with Crippen LogP contribution >= 0.6 is 0 Å². The molecule has 5 rings (SSSR count). The first-order chi connectivity index (χ1) is 12.8. The van der Waals surface area contributed by atoms with Crippen LogP contribution in [0, 0.1) is 0 Å². The molecule has 2 aliphatic heterocycles. The highest BCUT2D eigenvalue weighted by Crippen LogP contribution is 2.39. The van der Waals surface area contributed by atoms with E-state index in [2.05, 4.69) is 5.32 Å². The van der Waals surface area contributed by atoms with Crippen LogP contribution in [0.25, 0.3) is 16.9 Å². The van der Waals surface area contributed by atoms with Gasteiger partial charge in [0.25, 0.3) is 0 Å². The Morgan fingerprint density at radius 1 is 1.08 bits per heavy atom. The second-order valence-electron chi connectivity index (χ2n) is 6.29. The van der Waals surface area contributed by atoms with Crippen molar-refractivity contribution in [3.63, 3.8) is 0 Å². The third-order valence-corrected chi connectivity index (χ3v) is 4.78. The fraction of sp³-hybridized carbons (Fsp3) is 0.250.